The fraction of sp³-hybridized carbons (Fsp3) is 0.632. The van der Waals surface area contributed by atoms with E-state index in [0.29, 0.717) is 5.92 Å². The van der Waals surface area contributed by atoms with E-state index in [1.54, 1.807) is 0 Å². The summed E-state index contributed by atoms with van der Waals surface area (Å²) < 4.78 is 6.82. The Labute approximate surface area is 148 Å². The first kappa shape index (κ1) is 16.3. The Morgan fingerprint density at radius 2 is 1.88 bits per heavy atom. The molecule has 3 heterocycles. The maximum absolute atomic E-state index is 5.50. The van der Waals surface area contributed by atoms with Crippen molar-refractivity contribution in [2.24, 2.45) is 0 Å². The highest BCUT2D eigenvalue weighted by Crippen LogP contribution is 2.34. The topological polar surface area (TPSA) is 28.6 Å². The number of piperazine rings is 1. The number of benzene rings is 1. The average molecular weight is 346 g/mol. The molecule has 2 aliphatic heterocycles. The van der Waals surface area contributed by atoms with Crippen LogP contribution in [0.25, 0.3) is 10.2 Å². The van der Waals surface area contributed by atoms with Crippen LogP contribution in [0.1, 0.15) is 38.2 Å². The van der Waals surface area contributed by atoms with Gasteiger partial charge < -0.3 is 9.64 Å². The number of hydrogen-bond donors (Lipinski definition) is 0. The van der Waals surface area contributed by atoms with Crippen molar-refractivity contribution in [3.05, 3.63) is 23.8 Å². The summed E-state index contributed by atoms with van der Waals surface area (Å²) in [6.07, 6.45) is 2.39. The minimum absolute atomic E-state index is 0.522. The van der Waals surface area contributed by atoms with Gasteiger partial charge in [0.15, 0.2) is 5.13 Å². The fourth-order valence-electron chi connectivity index (χ4n) is 3.89. The SMILES string of the molecule is CC(C)c1cccc2sc(N3CCN(C4CCOCC4)CC3)nc12. The van der Waals surface area contributed by atoms with Crippen molar-refractivity contribution in [3.63, 3.8) is 0 Å². The van der Waals surface area contributed by atoms with Gasteiger partial charge in [-0.3, -0.25) is 4.90 Å². The lowest BCUT2D eigenvalue weighted by atomic mass is 10.0. The van der Waals surface area contributed by atoms with Crippen molar-refractivity contribution < 1.29 is 4.74 Å². The summed E-state index contributed by atoms with van der Waals surface area (Å²) in [7, 11) is 0. The van der Waals surface area contributed by atoms with Crippen molar-refractivity contribution in [1.82, 2.24) is 9.88 Å². The quantitative estimate of drug-likeness (QED) is 0.848. The molecular formula is C19H27N3OS. The van der Waals surface area contributed by atoms with Crippen LogP contribution in [0.2, 0.25) is 0 Å². The molecule has 2 aliphatic rings. The molecule has 1 aromatic carbocycles. The number of anilines is 1. The van der Waals surface area contributed by atoms with Gasteiger partial charge in [-0.05, 0) is 30.4 Å². The zero-order valence-electron chi connectivity index (χ0n) is 14.7. The maximum Gasteiger partial charge on any atom is 0.186 e. The number of rotatable bonds is 3. The second-order valence-electron chi connectivity index (χ2n) is 7.21. The van der Waals surface area contributed by atoms with Crippen LogP contribution >= 0.6 is 11.3 Å². The molecule has 2 aromatic rings. The van der Waals surface area contributed by atoms with Gasteiger partial charge in [0.1, 0.15) is 0 Å². The number of hydrogen-bond acceptors (Lipinski definition) is 5. The van der Waals surface area contributed by atoms with Gasteiger partial charge in [0.2, 0.25) is 0 Å². The van der Waals surface area contributed by atoms with E-state index in [9.17, 15) is 0 Å². The molecule has 0 atom stereocenters. The number of nitrogens with zero attached hydrogens (tertiary/aromatic N) is 3. The van der Waals surface area contributed by atoms with E-state index >= 15 is 0 Å². The van der Waals surface area contributed by atoms with Gasteiger partial charge in [0, 0.05) is 45.4 Å². The Morgan fingerprint density at radius 3 is 2.58 bits per heavy atom. The lowest BCUT2D eigenvalue weighted by Gasteiger charge is -2.40. The van der Waals surface area contributed by atoms with Crippen LogP contribution in [0.15, 0.2) is 18.2 Å². The first-order valence-corrected chi connectivity index (χ1v) is 10.00. The maximum atomic E-state index is 5.50. The molecule has 0 N–H and O–H groups in total. The molecule has 4 rings (SSSR count). The molecule has 2 saturated heterocycles. The van der Waals surface area contributed by atoms with Crippen LogP contribution < -0.4 is 4.90 Å². The standard InChI is InChI=1S/C19H27N3OS/c1-14(2)16-4-3-5-17-18(16)20-19(24-17)22-10-8-21(9-11-22)15-6-12-23-13-7-15/h3-5,14-15H,6-13H2,1-2H3. The monoisotopic (exact) mass is 345 g/mol. The molecule has 0 saturated carbocycles. The average Bonchev–Trinajstić information content (AvgIpc) is 3.06. The number of fused-ring (bicyclic) bond motifs is 1. The van der Waals surface area contributed by atoms with E-state index in [-0.39, 0.29) is 0 Å². The van der Waals surface area contributed by atoms with E-state index in [4.69, 9.17) is 9.72 Å². The predicted octanol–water partition coefficient (Wildman–Crippen LogP) is 3.72. The molecule has 0 spiro atoms. The van der Waals surface area contributed by atoms with Gasteiger partial charge in [-0.1, -0.05) is 37.3 Å². The summed E-state index contributed by atoms with van der Waals surface area (Å²) >= 11 is 1.85. The molecular weight excluding hydrogens is 318 g/mol. The summed E-state index contributed by atoms with van der Waals surface area (Å²) in [6.45, 7) is 10.8. The van der Waals surface area contributed by atoms with E-state index in [0.717, 1.165) is 45.4 Å². The van der Waals surface area contributed by atoms with Gasteiger partial charge in [-0.2, -0.15) is 0 Å². The van der Waals surface area contributed by atoms with E-state index < -0.39 is 0 Å². The third-order valence-corrected chi connectivity index (χ3v) is 6.43. The smallest absolute Gasteiger partial charge is 0.186 e. The van der Waals surface area contributed by atoms with Gasteiger partial charge in [0.05, 0.1) is 10.2 Å². The Hall–Kier alpha value is -1.17. The molecule has 2 fully saturated rings. The minimum atomic E-state index is 0.522. The second-order valence-corrected chi connectivity index (χ2v) is 8.22. The number of aromatic nitrogens is 1. The predicted molar refractivity (Wildman–Crippen MR) is 101 cm³/mol. The van der Waals surface area contributed by atoms with E-state index in [1.807, 2.05) is 11.3 Å². The summed E-state index contributed by atoms with van der Waals surface area (Å²) in [6, 6.07) is 7.33. The van der Waals surface area contributed by atoms with Crippen LogP contribution in [-0.2, 0) is 4.74 Å². The van der Waals surface area contributed by atoms with Crippen molar-refractivity contribution in [1.29, 1.82) is 0 Å². The number of thiazole rings is 1. The van der Waals surface area contributed by atoms with Crippen LogP contribution in [0.3, 0.4) is 0 Å². The zero-order valence-corrected chi connectivity index (χ0v) is 15.5. The molecule has 0 radical (unpaired) electrons. The van der Waals surface area contributed by atoms with Gasteiger partial charge >= 0.3 is 0 Å². The molecule has 5 heteroatoms. The highest BCUT2D eigenvalue weighted by molar-refractivity contribution is 7.22. The van der Waals surface area contributed by atoms with Crippen LogP contribution in [0, 0.1) is 0 Å². The summed E-state index contributed by atoms with van der Waals surface area (Å²) in [5, 5.41) is 1.20. The van der Waals surface area contributed by atoms with Crippen molar-refractivity contribution in [2.75, 3.05) is 44.3 Å². The van der Waals surface area contributed by atoms with Gasteiger partial charge in [0.25, 0.3) is 0 Å². The summed E-state index contributed by atoms with van der Waals surface area (Å²) in [5.74, 6) is 0.522. The van der Waals surface area contributed by atoms with Gasteiger partial charge in [-0.15, -0.1) is 0 Å². The fourth-order valence-corrected chi connectivity index (χ4v) is 4.94. The Morgan fingerprint density at radius 1 is 1.12 bits per heavy atom. The van der Waals surface area contributed by atoms with Crippen LogP contribution in [-0.4, -0.2) is 55.3 Å². The van der Waals surface area contributed by atoms with Crippen molar-refractivity contribution >= 4 is 26.7 Å². The second kappa shape index (κ2) is 6.98. The van der Waals surface area contributed by atoms with Crippen LogP contribution in [0.4, 0.5) is 5.13 Å². The summed E-state index contributed by atoms with van der Waals surface area (Å²) in [4.78, 5) is 10.1. The lowest BCUT2D eigenvalue weighted by Crippen LogP contribution is -2.51. The number of para-hydroxylation sites is 1. The molecule has 4 nitrogen and oxygen atoms in total. The van der Waals surface area contributed by atoms with E-state index in [1.165, 1.54) is 33.8 Å². The third-order valence-electron chi connectivity index (χ3n) is 5.35. The van der Waals surface area contributed by atoms with Crippen molar-refractivity contribution in [2.45, 2.75) is 38.6 Å². The van der Waals surface area contributed by atoms with Gasteiger partial charge in [-0.25, -0.2) is 4.98 Å². The highest BCUT2D eigenvalue weighted by atomic mass is 32.1. The van der Waals surface area contributed by atoms with Crippen LogP contribution in [0.5, 0.6) is 0 Å². The normalized spacial score (nSPS) is 21.0. The Kier molecular flexibility index (Phi) is 4.74. The molecule has 0 amide bonds. The number of ether oxygens (including phenoxy) is 1. The largest absolute Gasteiger partial charge is 0.381 e. The zero-order chi connectivity index (χ0) is 16.5. The highest BCUT2D eigenvalue weighted by Gasteiger charge is 2.26. The minimum Gasteiger partial charge on any atom is -0.381 e. The molecule has 24 heavy (non-hydrogen) atoms. The molecule has 0 unspecified atom stereocenters. The summed E-state index contributed by atoms with van der Waals surface area (Å²) in [5.41, 5.74) is 2.58. The first-order valence-electron chi connectivity index (χ1n) is 9.18. The third kappa shape index (κ3) is 3.17. The molecule has 1 aromatic heterocycles. The Balaban J connectivity index is 1.47. The van der Waals surface area contributed by atoms with Crippen molar-refractivity contribution in [3.8, 4) is 0 Å². The van der Waals surface area contributed by atoms with E-state index in [2.05, 4.69) is 41.8 Å². The molecule has 0 aliphatic carbocycles. The lowest BCUT2D eigenvalue weighted by molar-refractivity contribution is 0.0321. The molecule has 0 bridgehead atoms. The Bertz CT molecular complexity index is 685. The molecule has 130 valence electrons. The first-order chi connectivity index (χ1) is 11.7.